The van der Waals surface area contributed by atoms with E-state index in [0.29, 0.717) is 17.8 Å². The van der Waals surface area contributed by atoms with Crippen LogP contribution in [0.15, 0.2) is 24.5 Å². The summed E-state index contributed by atoms with van der Waals surface area (Å²) in [6.07, 6.45) is 3.83. The van der Waals surface area contributed by atoms with E-state index < -0.39 is 5.82 Å². The lowest BCUT2D eigenvalue weighted by Crippen LogP contribution is -2.02. The Morgan fingerprint density at radius 2 is 2.25 bits per heavy atom. The lowest BCUT2D eigenvalue weighted by Gasteiger charge is -2.09. The molecular formula is C11H8ClFN2O. The number of aryl methyl sites for hydroxylation is 1. The van der Waals surface area contributed by atoms with E-state index in [2.05, 4.69) is 4.98 Å². The Balaban J connectivity index is 2.71. The molecule has 3 nitrogen and oxygen atoms in total. The van der Waals surface area contributed by atoms with Crippen molar-refractivity contribution >= 4 is 17.9 Å². The van der Waals surface area contributed by atoms with Gasteiger partial charge in [0, 0.05) is 12.4 Å². The van der Waals surface area contributed by atoms with E-state index in [1.165, 1.54) is 12.1 Å². The first-order valence-electron chi connectivity index (χ1n) is 4.58. The maximum atomic E-state index is 13.2. The normalized spacial score (nSPS) is 10.4. The summed E-state index contributed by atoms with van der Waals surface area (Å²) >= 11 is 5.73. The van der Waals surface area contributed by atoms with E-state index >= 15 is 0 Å². The van der Waals surface area contributed by atoms with Crippen molar-refractivity contribution in [2.75, 3.05) is 0 Å². The predicted octanol–water partition coefficient (Wildman–Crippen LogP) is 2.79. The highest BCUT2D eigenvalue weighted by Crippen LogP contribution is 2.25. The molecule has 16 heavy (non-hydrogen) atoms. The van der Waals surface area contributed by atoms with Gasteiger partial charge in [-0.3, -0.25) is 4.79 Å². The number of rotatable bonds is 2. The molecule has 0 unspecified atom stereocenters. The molecule has 0 aliphatic rings. The van der Waals surface area contributed by atoms with Gasteiger partial charge in [0.15, 0.2) is 6.29 Å². The standard InChI is InChI=1S/C11H8ClFN2O/c1-7-14-4-5-15(7)10-3-2-9(13)11(12)8(10)6-16/h2-6H,1H3. The van der Waals surface area contributed by atoms with Crippen molar-refractivity contribution in [1.29, 1.82) is 0 Å². The maximum Gasteiger partial charge on any atom is 0.153 e. The van der Waals surface area contributed by atoms with Gasteiger partial charge in [0.2, 0.25) is 0 Å². The van der Waals surface area contributed by atoms with Crippen LogP contribution >= 0.6 is 11.6 Å². The number of benzene rings is 1. The lowest BCUT2D eigenvalue weighted by molar-refractivity contribution is 0.112. The van der Waals surface area contributed by atoms with Gasteiger partial charge in [-0.25, -0.2) is 9.37 Å². The summed E-state index contributed by atoms with van der Waals surface area (Å²) in [5.74, 6) is 0.0936. The zero-order valence-corrected chi connectivity index (χ0v) is 9.20. The topological polar surface area (TPSA) is 34.9 Å². The number of nitrogens with zero attached hydrogens (tertiary/aromatic N) is 2. The summed E-state index contributed by atoms with van der Waals surface area (Å²) in [4.78, 5) is 15.0. The molecule has 0 saturated heterocycles. The number of halogens is 2. The van der Waals surface area contributed by atoms with E-state index in [0.717, 1.165) is 0 Å². The molecule has 1 aromatic heterocycles. The smallest absolute Gasteiger partial charge is 0.153 e. The second kappa shape index (κ2) is 4.06. The Labute approximate surface area is 96.5 Å². The molecule has 0 N–H and O–H groups in total. The molecule has 5 heteroatoms. The van der Waals surface area contributed by atoms with Crippen molar-refractivity contribution in [2.45, 2.75) is 6.92 Å². The zero-order chi connectivity index (χ0) is 11.7. The largest absolute Gasteiger partial charge is 0.303 e. The summed E-state index contributed by atoms with van der Waals surface area (Å²) in [5.41, 5.74) is 0.652. The predicted molar refractivity (Wildman–Crippen MR) is 58.7 cm³/mol. The van der Waals surface area contributed by atoms with Crippen LogP contribution in [0.5, 0.6) is 0 Å². The Morgan fingerprint density at radius 3 is 2.81 bits per heavy atom. The summed E-state index contributed by atoms with van der Waals surface area (Å²) in [6, 6.07) is 2.73. The van der Waals surface area contributed by atoms with Crippen molar-refractivity contribution in [3.8, 4) is 5.69 Å². The van der Waals surface area contributed by atoms with Crippen molar-refractivity contribution in [3.63, 3.8) is 0 Å². The van der Waals surface area contributed by atoms with Crippen LogP contribution in [0.25, 0.3) is 5.69 Å². The van der Waals surface area contributed by atoms with Gasteiger partial charge in [-0.2, -0.15) is 0 Å². The average Bonchev–Trinajstić information content (AvgIpc) is 2.68. The third-order valence-electron chi connectivity index (χ3n) is 2.31. The number of aldehydes is 1. The maximum absolute atomic E-state index is 13.2. The van der Waals surface area contributed by atoms with Crippen LogP contribution in [0.4, 0.5) is 4.39 Å². The van der Waals surface area contributed by atoms with Crippen LogP contribution in [-0.2, 0) is 0 Å². The number of hydrogen-bond donors (Lipinski definition) is 0. The van der Waals surface area contributed by atoms with E-state index in [-0.39, 0.29) is 10.6 Å². The number of imidazole rings is 1. The highest BCUT2D eigenvalue weighted by molar-refractivity contribution is 6.33. The minimum atomic E-state index is -0.606. The molecule has 0 aliphatic heterocycles. The van der Waals surface area contributed by atoms with Gasteiger partial charge in [0.25, 0.3) is 0 Å². The van der Waals surface area contributed by atoms with Crippen molar-refractivity contribution in [3.05, 3.63) is 46.8 Å². The van der Waals surface area contributed by atoms with Crippen LogP contribution in [0, 0.1) is 12.7 Å². The van der Waals surface area contributed by atoms with Crippen LogP contribution in [0.3, 0.4) is 0 Å². The molecule has 1 aromatic carbocycles. The summed E-state index contributed by atoms with van der Waals surface area (Å²) in [7, 11) is 0. The van der Waals surface area contributed by atoms with E-state index in [1.807, 2.05) is 0 Å². The number of hydrogen-bond acceptors (Lipinski definition) is 2. The minimum Gasteiger partial charge on any atom is -0.303 e. The van der Waals surface area contributed by atoms with Crippen molar-refractivity contribution in [1.82, 2.24) is 9.55 Å². The fraction of sp³-hybridized carbons (Fsp3) is 0.0909. The molecule has 0 atom stereocenters. The Kier molecular flexibility index (Phi) is 2.75. The molecule has 0 aliphatic carbocycles. The van der Waals surface area contributed by atoms with Gasteiger partial charge in [0.1, 0.15) is 11.6 Å². The molecule has 0 fully saturated rings. The fourth-order valence-electron chi connectivity index (χ4n) is 1.51. The fourth-order valence-corrected chi connectivity index (χ4v) is 1.72. The molecule has 0 spiro atoms. The van der Waals surface area contributed by atoms with Crippen molar-refractivity contribution in [2.24, 2.45) is 0 Å². The third kappa shape index (κ3) is 1.61. The first-order valence-corrected chi connectivity index (χ1v) is 4.96. The molecular weight excluding hydrogens is 231 g/mol. The van der Waals surface area contributed by atoms with Crippen LogP contribution in [-0.4, -0.2) is 15.8 Å². The second-order valence-corrected chi connectivity index (χ2v) is 3.63. The van der Waals surface area contributed by atoms with Gasteiger partial charge < -0.3 is 4.57 Å². The molecule has 0 amide bonds. The number of aromatic nitrogens is 2. The Hall–Kier alpha value is -1.68. The minimum absolute atomic E-state index is 0.128. The Morgan fingerprint density at radius 1 is 1.50 bits per heavy atom. The summed E-state index contributed by atoms with van der Waals surface area (Å²) < 4.78 is 14.8. The molecule has 1 heterocycles. The Bertz CT molecular complexity index is 551. The summed E-state index contributed by atoms with van der Waals surface area (Å²) in [6.45, 7) is 1.78. The van der Waals surface area contributed by atoms with Crippen LogP contribution in [0.1, 0.15) is 16.2 Å². The first-order chi connectivity index (χ1) is 7.65. The van der Waals surface area contributed by atoms with Gasteiger partial charge in [-0.1, -0.05) is 11.6 Å². The summed E-state index contributed by atoms with van der Waals surface area (Å²) in [5, 5.41) is -0.166. The monoisotopic (exact) mass is 238 g/mol. The van der Waals surface area contributed by atoms with E-state index in [9.17, 15) is 9.18 Å². The number of carbonyl (C=O) groups is 1. The highest BCUT2D eigenvalue weighted by Gasteiger charge is 2.13. The second-order valence-electron chi connectivity index (χ2n) is 3.26. The molecule has 2 rings (SSSR count). The van der Waals surface area contributed by atoms with E-state index in [1.54, 1.807) is 23.9 Å². The molecule has 82 valence electrons. The SMILES string of the molecule is Cc1nccn1-c1ccc(F)c(Cl)c1C=O. The van der Waals surface area contributed by atoms with Gasteiger partial charge >= 0.3 is 0 Å². The zero-order valence-electron chi connectivity index (χ0n) is 8.45. The molecule has 0 saturated carbocycles. The van der Waals surface area contributed by atoms with Crippen molar-refractivity contribution < 1.29 is 9.18 Å². The van der Waals surface area contributed by atoms with Gasteiger partial charge in [-0.05, 0) is 19.1 Å². The molecule has 2 aromatic rings. The third-order valence-corrected chi connectivity index (χ3v) is 2.70. The van der Waals surface area contributed by atoms with Gasteiger partial charge in [-0.15, -0.1) is 0 Å². The van der Waals surface area contributed by atoms with E-state index in [4.69, 9.17) is 11.6 Å². The quantitative estimate of drug-likeness (QED) is 0.754. The first kappa shape index (κ1) is 10.8. The van der Waals surface area contributed by atoms with Crippen LogP contribution < -0.4 is 0 Å². The lowest BCUT2D eigenvalue weighted by atomic mass is 10.2. The molecule has 0 bridgehead atoms. The highest BCUT2D eigenvalue weighted by atomic mass is 35.5. The van der Waals surface area contributed by atoms with Gasteiger partial charge in [0.05, 0.1) is 16.3 Å². The molecule has 0 radical (unpaired) electrons. The average molecular weight is 239 g/mol. The number of carbonyl (C=O) groups excluding carboxylic acids is 1. The van der Waals surface area contributed by atoms with Crippen LogP contribution in [0.2, 0.25) is 5.02 Å².